The summed E-state index contributed by atoms with van der Waals surface area (Å²) in [5.74, 6) is -2.46. The summed E-state index contributed by atoms with van der Waals surface area (Å²) in [5.41, 5.74) is -3.67. The van der Waals surface area contributed by atoms with Crippen molar-refractivity contribution >= 4 is 50.4 Å². The molecule has 0 saturated carbocycles. The summed E-state index contributed by atoms with van der Waals surface area (Å²) in [5, 5.41) is 5.78. The molecule has 3 rings (SSSR count). The maximum Gasteiger partial charge on any atom is 0.573 e. The van der Waals surface area contributed by atoms with Gasteiger partial charge in [-0.3, -0.25) is 4.79 Å². The number of amides is 1. The Morgan fingerprint density at radius 2 is 1.69 bits per heavy atom. The zero-order chi connectivity index (χ0) is 26.3. The lowest BCUT2D eigenvalue weighted by molar-refractivity contribution is -0.274. The summed E-state index contributed by atoms with van der Waals surface area (Å²) < 4.78 is 98.9. The standard InChI is InChI=1S/C18H9Cl3F6N4O3S/c1-35(33,13-6-8(19)2-4-10(13)20)29-16(32)14-15(17(22,23)24)31(30-28-14)12-5-3-9(7-11(12)21)34-18(25,26)27/h2-7H,1H3. The van der Waals surface area contributed by atoms with E-state index in [-0.39, 0.29) is 19.6 Å². The van der Waals surface area contributed by atoms with Crippen LogP contribution in [0.15, 0.2) is 45.7 Å². The van der Waals surface area contributed by atoms with Gasteiger partial charge in [-0.15, -0.1) is 18.3 Å². The fourth-order valence-electron chi connectivity index (χ4n) is 2.72. The first kappa shape index (κ1) is 27.0. The number of carbonyl (C=O) groups is 1. The first-order valence-corrected chi connectivity index (χ1v) is 11.9. The monoisotopic (exact) mass is 580 g/mol. The second-order valence-corrected chi connectivity index (χ2v) is 10.1. The summed E-state index contributed by atoms with van der Waals surface area (Å²) in [4.78, 5) is 12.4. The molecule has 1 amide bonds. The van der Waals surface area contributed by atoms with Crippen molar-refractivity contribution in [2.75, 3.05) is 6.26 Å². The highest BCUT2D eigenvalue weighted by Gasteiger charge is 2.42. The van der Waals surface area contributed by atoms with E-state index in [2.05, 4.69) is 19.4 Å². The Morgan fingerprint density at radius 1 is 1.03 bits per heavy atom. The van der Waals surface area contributed by atoms with Crippen LogP contribution in [0.4, 0.5) is 26.3 Å². The van der Waals surface area contributed by atoms with Crippen LogP contribution in [-0.2, 0) is 15.9 Å². The molecule has 0 aliphatic heterocycles. The third kappa shape index (κ3) is 6.18. The molecule has 2 aromatic carbocycles. The van der Waals surface area contributed by atoms with Crippen LogP contribution >= 0.6 is 34.8 Å². The molecule has 0 aliphatic carbocycles. The molecule has 17 heteroatoms. The largest absolute Gasteiger partial charge is 0.573 e. The van der Waals surface area contributed by atoms with Crippen molar-refractivity contribution in [1.82, 2.24) is 15.0 Å². The lowest BCUT2D eigenvalue weighted by Crippen LogP contribution is -2.18. The van der Waals surface area contributed by atoms with E-state index in [4.69, 9.17) is 34.8 Å². The Labute approximate surface area is 207 Å². The number of nitrogens with zero attached hydrogens (tertiary/aromatic N) is 4. The second kappa shape index (κ2) is 9.48. The van der Waals surface area contributed by atoms with E-state index in [1.165, 1.54) is 12.1 Å². The molecule has 1 aromatic heterocycles. The highest BCUT2D eigenvalue weighted by atomic mass is 35.5. The highest BCUT2D eigenvalue weighted by Crippen LogP contribution is 2.36. The molecule has 0 N–H and O–H groups in total. The van der Waals surface area contributed by atoms with Crippen LogP contribution in [0.5, 0.6) is 5.75 Å². The van der Waals surface area contributed by atoms with Gasteiger partial charge in [0.1, 0.15) is 5.75 Å². The van der Waals surface area contributed by atoms with Crippen LogP contribution in [0.1, 0.15) is 16.2 Å². The van der Waals surface area contributed by atoms with E-state index in [9.17, 15) is 35.3 Å². The molecule has 35 heavy (non-hydrogen) atoms. The predicted molar refractivity (Wildman–Crippen MR) is 114 cm³/mol. The zero-order valence-corrected chi connectivity index (χ0v) is 19.9. The van der Waals surface area contributed by atoms with Crippen LogP contribution in [0, 0.1) is 0 Å². The summed E-state index contributed by atoms with van der Waals surface area (Å²) in [7, 11) is -3.69. The number of aromatic nitrogens is 3. The van der Waals surface area contributed by atoms with E-state index >= 15 is 0 Å². The van der Waals surface area contributed by atoms with Gasteiger partial charge in [-0.05, 0) is 30.3 Å². The Morgan fingerprint density at radius 3 is 2.26 bits per heavy atom. The molecule has 1 atom stereocenters. The third-order valence-corrected chi connectivity index (χ3v) is 6.73. The third-order valence-electron chi connectivity index (χ3n) is 4.08. The lowest BCUT2D eigenvalue weighted by Gasteiger charge is -2.13. The summed E-state index contributed by atoms with van der Waals surface area (Å²) in [6.45, 7) is 0. The number of benzene rings is 2. The smallest absolute Gasteiger partial charge is 0.406 e. The van der Waals surface area contributed by atoms with Gasteiger partial charge in [-0.1, -0.05) is 40.0 Å². The van der Waals surface area contributed by atoms with Gasteiger partial charge in [0.05, 0.1) is 30.4 Å². The van der Waals surface area contributed by atoms with Gasteiger partial charge < -0.3 is 4.74 Å². The van der Waals surface area contributed by atoms with Crippen LogP contribution in [0.2, 0.25) is 15.1 Å². The number of hydrogen-bond donors (Lipinski definition) is 0. The van der Waals surface area contributed by atoms with Gasteiger partial charge in [0, 0.05) is 17.3 Å². The van der Waals surface area contributed by atoms with Gasteiger partial charge in [-0.2, -0.15) is 17.5 Å². The van der Waals surface area contributed by atoms with Gasteiger partial charge >= 0.3 is 18.4 Å². The molecule has 0 spiro atoms. The van der Waals surface area contributed by atoms with Crippen molar-refractivity contribution in [1.29, 1.82) is 0 Å². The zero-order valence-electron chi connectivity index (χ0n) is 16.8. The molecule has 188 valence electrons. The maximum atomic E-state index is 13.9. The van der Waals surface area contributed by atoms with Crippen molar-refractivity contribution < 1.29 is 40.1 Å². The van der Waals surface area contributed by atoms with Crippen LogP contribution in [-0.4, -0.2) is 37.7 Å². The summed E-state index contributed by atoms with van der Waals surface area (Å²) >= 11 is 17.6. The molecular weight excluding hydrogens is 573 g/mol. The van der Waals surface area contributed by atoms with Crippen molar-refractivity contribution in [2.24, 2.45) is 4.36 Å². The molecule has 0 fully saturated rings. The lowest BCUT2D eigenvalue weighted by atomic mass is 10.2. The van der Waals surface area contributed by atoms with Gasteiger partial charge in [0.25, 0.3) is 0 Å². The number of rotatable bonds is 4. The van der Waals surface area contributed by atoms with E-state index in [0.717, 1.165) is 18.4 Å². The van der Waals surface area contributed by atoms with Crippen molar-refractivity contribution in [3.63, 3.8) is 0 Å². The quantitative estimate of drug-likeness (QED) is 0.331. The number of carbonyl (C=O) groups excluding carboxylic acids is 1. The van der Waals surface area contributed by atoms with Gasteiger partial charge in [-0.25, -0.2) is 8.89 Å². The first-order valence-electron chi connectivity index (χ1n) is 8.80. The Kier molecular flexibility index (Phi) is 7.33. The first-order chi connectivity index (χ1) is 16.0. The topological polar surface area (TPSA) is 86.4 Å². The SMILES string of the molecule is CS(=O)(=NC(=O)c1nnn(-c2ccc(OC(F)(F)F)cc2Cl)c1C(F)(F)F)c1cc(Cl)ccc1Cl. The van der Waals surface area contributed by atoms with E-state index < -0.39 is 56.0 Å². The fourth-order valence-corrected chi connectivity index (χ4v) is 5.03. The van der Waals surface area contributed by atoms with Crippen molar-refractivity contribution in [2.45, 2.75) is 17.4 Å². The average molecular weight is 582 g/mol. The fraction of sp³-hybridized carbons (Fsp3) is 0.167. The minimum absolute atomic E-state index is 0.0798. The number of hydrogen-bond acceptors (Lipinski definition) is 5. The molecule has 0 saturated heterocycles. The molecule has 7 nitrogen and oxygen atoms in total. The molecule has 0 bridgehead atoms. The number of alkyl halides is 6. The van der Waals surface area contributed by atoms with Crippen molar-refractivity contribution in [3.8, 4) is 11.4 Å². The van der Waals surface area contributed by atoms with Crippen LogP contribution in [0.25, 0.3) is 5.69 Å². The van der Waals surface area contributed by atoms with Crippen LogP contribution in [0.3, 0.4) is 0 Å². The maximum absolute atomic E-state index is 13.9. The highest BCUT2D eigenvalue weighted by molar-refractivity contribution is 7.93. The number of ether oxygens (including phenoxy) is 1. The Bertz CT molecular complexity index is 1430. The minimum Gasteiger partial charge on any atom is -0.406 e. The number of halogens is 9. The van der Waals surface area contributed by atoms with E-state index in [0.29, 0.717) is 12.1 Å². The van der Waals surface area contributed by atoms with E-state index in [1.807, 2.05) is 0 Å². The average Bonchev–Trinajstić information content (AvgIpc) is 3.14. The molecule has 3 aromatic rings. The van der Waals surface area contributed by atoms with E-state index in [1.54, 1.807) is 0 Å². The minimum atomic E-state index is -5.27. The van der Waals surface area contributed by atoms with Crippen LogP contribution < -0.4 is 4.74 Å². The summed E-state index contributed by atoms with van der Waals surface area (Å²) in [6, 6.07) is 5.77. The predicted octanol–water partition coefficient (Wildman–Crippen LogP) is 6.44. The molecular formula is C18H9Cl3F6N4O3S. The summed E-state index contributed by atoms with van der Waals surface area (Å²) in [6.07, 6.45) is -9.39. The Hall–Kier alpha value is -2.55. The van der Waals surface area contributed by atoms with Gasteiger partial charge in [0.15, 0.2) is 11.4 Å². The molecule has 1 unspecified atom stereocenters. The molecule has 1 heterocycles. The second-order valence-electron chi connectivity index (χ2n) is 6.63. The van der Waals surface area contributed by atoms with Crippen molar-refractivity contribution in [3.05, 3.63) is 62.9 Å². The molecule has 0 aliphatic rings. The van der Waals surface area contributed by atoms with Gasteiger partial charge in [0.2, 0.25) is 0 Å². The normalized spacial score (nSPS) is 13.9. The Balaban J connectivity index is 2.12. The molecule has 0 radical (unpaired) electrons.